The Bertz CT molecular complexity index is 338. The topological polar surface area (TPSA) is 30.5 Å². The molecule has 3 fully saturated rings. The van der Waals surface area contributed by atoms with E-state index in [0.717, 1.165) is 25.6 Å². The highest BCUT2D eigenvalue weighted by atomic mass is 16.5. The minimum absolute atomic E-state index is 0.256. The van der Waals surface area contributed by atoms with Gasteiger partial charge in [0.25, 0.3) is 0 Å². The van der Waals surface area contributed by atoms with Crippen molar-refractivity contribution < 1.29 is 9.47 Å². The number of ether oxygens (including phenoxy) is 2. The largest absolute Gasteiger partial charge is 0.377 e. The predicted molar refractivity (Wildman–Crippen MR) is 80.8 cm³/mol. The van der Waals surface area contributed by atoms with Crippen LogP contribution in [-0.4, -0.2) is 37.5 Å². The van der Waals surface area contributed by atoms with Crippen LogP contribution in [0.25, 0.3) is 0 Å². The van der Waals surface area contributed by atoms with Crippen LogP contribution in [0.4, 0.5) is 0 Å². The Labute approximate surface area is 123 Å². The molecule has 2 saturated carbocycles. The second-order valence-corrected chi connectivity index (χ2v) is 8.06. The third kappa shape index (κ3) is 2.90. The van der Waals surface area contributed by atoms with Crippen LogP contribution in [-0.2, 0) is 9.47 Å². The molecule has 1 N–H and O–H groups in total. The first-order valence-electron chi connectivity index (χ1n) is 8.47. The fraction of sp³-hybridized carbons (Fsp3) is 1.00. The summed E-state index contributed by atoms with van der Waals surface area (Å²) in [5.74, 6) is 1.46. The van der Waals surface area contributed by atoms with Gasteiger partial charge < -0.3 is 14.8 Å². The lowest BCUT2D eigenvalue weighted by atomic mass is 9.64. The maximum Gasteiger partial charge on any atom is 0.0757 e. The van der Waals surface area contributed by atoms with Crippen molar-refractivity contribution in [3.63, 3.8) is 0 Å². The molecule has 3 nitrogen and oxygen atoms in total. The van der Waals surface area contributed by atoms with Gasteiger partial charge in [0.2, 0.25) is 0 Å². The van der Waals surface area contributed by atoms with E-state index >= 15 is 0 Å². The molecule has 1 saturated heterocycles. The summed E-state index contributed by atoms with van der Waals surface area (Å²) in [6.45, 7) is 11.0. The zero-order valence-corrected chi connectivity index (χ0v) is 13.5. The van der Waals surface area contributed by atoms with E-state index in [1.807, 2.05) is 0 Å². The van der Waals surface area contributed by atoms with E-state index in [9.17, 15) is 0 Å². The van der Waals surface area contributed by atoms with Gasteiger partial charge >= 0.3 is 0 Å². The summed E-state index contributed by atoms with van der Waals surface area (Å²) in [4.78, 5) is 0. The maximum absolute atomic E-state index is 6.06. The van der Waals surface area contributed by atoms with Gasteiger partial charge in [0.1, 0.15) is 0 Å². The summed E-state index contributed by atoms with van der Waals surface area (Å²) < 4.78 is 12.0. The highest BCUT2D eigenvalue weighted by Crippen LogP contribution is 2.45. The Morgan fingerprint density at radius 1 is 1.25 bits per heavy atom. The molecule has 4 unspecified atom stereocenters. The van der Waals surface area contributed by atoms with Gasteiger partial charge in [0, 0.05) is 30.7 Å². The van der Waals surface area contributed by atoms with Crippen LogP contribution in [0.15, 0.2) is 0 Å². The lowest BCUT2D eigenvalue weighted by molar-refractivity contribution is -0.127. The third-order valence-electron chi connectivity index (χ3n) is 5.45. The van der Waals surface area contributed by atoms with Gasteiger partial charge in [-0.15, -0.1) is 0 Å². The number of hydrogen-bond donors (Lipinski definition) is 1. The minimum Gasteiger partial charge on any atom is -0.377 e. The summed E-state index contributed by atoms with van der Waals surface area (Å²) >= 11 is 0. The van der Waals surface area contributed by atoms with Gasteiger partial charge in [-0.1, -0.05) is 27.7 Å². The first-order valence-corrected chi connectivity index (χ1v) is 8.47. The molecule has 0 radical (unpaired) electrons. The Morgan fingerprint density at radius 3 is 2.60 bits per heavy atom. The standard InChI is InChI=1S/C17H31NO2/c1-11(2)10-20-15-9-14(17(15,3)4)18-13-7-8-19-16(13)12-5-6-12/h11-16,18H,5-10H2,1-4H3. The molecule has 2 aliphatic carbocycles. The Balaban J connectivity index is 1.49. The molecular weight excluding hydrogens is 250 g/mol. The minimum atomic E-state index is 0.256. The summed E-state index contributed by atoms with van der Waals surface area (Å²) in [5, 5.41) is 3.89. The fourth-order valence-corrected chi connectivity index (χ4v) is 3.70. The Morgan fingerprint density at radius 2 is 2.00 bits per heavy atom. The zero-order valence-electron chi connectivity index (χ0n) is 13.5. The van der Waals surface area contributed by atoms with E-state index in [-0.39, 0.29) is 5.41 Å². The lowest BCUT2D eigenvalue weighted by Gasteiger charge is -2.53. The van der Waals surface area contributed by atoms with Crippen molar-refractivity contribution in [2.75, 3.05) is 13.2 Å². The highest BCUT2D eigenvalue weighted by Gasteiger charge is 2.51. The fourth-order valence-electron chi connectivity index (χ4n) is 3.70. The molecule has 3 heteroatoms. The van der Waals surface area contributed by atoms with Crippen LogP contribution in [0, 0.1) is 17.3 Å². The second-order valence-electron chi connectivity index (χ2n) is 8.06. The molecule has 116 valence electrons. The van der Waals surface area contributed by atoms with Crippen molar-refractivity contribution in [1.29, 1.82) is 0 Å². The van der Waals surface area contributed by atoms with Gasteiger partial charge in [0.05, 0.1) is 12.2 Å². The van der Waals surface area contributed by atoms with Crippen LogP contribution >= 0.6 is 0 Å². The molecule has 0 amide bonds. The van der Waals surface area contributed by atoms with Gasteiger partial charge in [0.15, 0.2) is 0 Å². The molecule has 0 aromatic heterocycles. The van der Waals surface area contributed by atoms with Gasteiger partial charge in [-0.2, -0.15) is 0 Å². The second kappa shape index (κ2) is 5.58. The average Bonchev–Trinajstić information content (AvgIpc) is 3.12. The zero-order chi connectivity index (χ0) is 14.3. The molecule has 3 rings (SSSR count). The molecule has 1 heterocycles. The monoisotopic (exact) mass is 281 g/mol. The van der Waals surface area contributed by atoms with E-state index in [1.165, 1.54) is 19.3 Å². The van der Waals surface area contributed by atoms with Crippen LogP contribution in [0.5, 0.6) is 0 Å². The van der Waals surface area contributed by atoms with Crippen LogP contribution in [0.3, 0.4) is 0 Å². The smallest absolute Gasteiger partial charge is 0.0757 e. The summed E-state index contributed by atoms with van der Waals surface area (Å²) in [7, 11) is 0. The molecule has 4 atom stereocenters. The molecule has 0 aromatic rings. The normalized spacial score (nSPS) is 40.0. The molecule has 3 aliphatic rings. The third-order valence-corrected chi connectivity index (χ3v) is 5.45. The van der Waals surface area contributed by atoms with Crippen molar-refractivity contribution in [2.45, 2.75) is 77.7 Å². The molecule has 0 aromatic carbocycles. The number of hydrogen-bond acceptors (Lipinski definition) is 3. The van der Waals surface area contributed by atoms with Gasteiger partial charge in [-0.25, -0.2) is 0 Å². The molecule has 0 spiro atoms. The summed E-state index contributed by atoms with van der Waals surface area (Å²) in [5.41, 5.74) is 0.256. The van der Waals surface area contributed by atoms with Crippen LogP contribution < -0.4 is 5.32 Å². The molecular formula is C17H31NO2. The average molecular weight is 281 g/mol. The van der Waals surface area contributed by atoms with Crippen LogP contribution in [0.2, 0.25) is 0 Å². The Hall–Kier alpha value is -0.120. The number of rotatable bonds is 6. The molecule has 1 aliphatic heterocycles. The van der Waals surface area contributed by atoms with E-state index < -0.39 is 0 Å². The van der Waals surface area contributed by atoms with Crippen molar-refractivity contribution in [2.24, 2.45) is 17.3 Å². The Kier molecular flexibility index (Phi) is 4.13. The molecule has 0 bridgehead atoms. The van der Waals surface area contributed by atoms with Crippen LogP contribution in [0.1, 0.15) is 53.4 Å². The summed E-state index contributed by atoms with van der Waals surface area (Å²) in [6.07, 6.45) is 6.00. The van der Waals surface area contributed by atoms with Gasteiger partial charge in [-0.3, -0.25) is 0 Å². The lowest BCUT2D eigenvalue weighted by Crippen LogP contribution is -2.63. The van der Waals surface area contributed by atoms with E-state index in [1.54, 1.807) is 0 Å². The van der Waals surface area contributed by atoms with E-state index in [2.05, 4.69) is 33.0 Å². The summed E-state index contributed by atoms with van der Waals surface area (Å²) in [6, 6.07) is 1.17. The highest BCUT2D eigenvalue weighted by molar-refractivity contribution is 5.06. The number of nitrogens with one attached hydrogen (secondary N) is 1. The van der Waals surface area contributed by atoms with Crippen molar-refractivity contribution >= 4 is 0 Å². The SMILES string of the molecule is CC(C)COC1CC(NC2CCOC2C2CC2)C1(C)C. The van der Waals surface area contributed by atoms with Crippen molar-refractivity contribution in [3.05, 3.63) is 0 Å². The van der Waals surface area contributed by atoms with Crippen molar-refractivity contribution in [1.82, 2.24) is 5.32 Å². The maximum atomic E-state index is 6.06. The molecule has 20 heavy (non-hydrogen) atoms. The first kappa shape index (κ1) is 14.8. The van der Waals surface area contributed by atoms with Gasteiger partial charge in [-0.05, 0) is 37.5 Å². The van der Waals surface area contributed by atoms with E-state index in [0.29, 0.717) is 30.2 Å². The first-order chi connectivity index (χ1) is 9.48. The quantitative estimate of drug-likeness (QED) is 0.812. The predicted octanol–water partition coefficient (Wildman–Crippen LogP) is 2.98. The van der Waals surface area contributed by atoms with E-state index in [4.69, 9.17) is 9.47 Å². The van der Waals surface area contributed by atoms with Crippen molar-refractivity contribution in [3.8, 4) is 0 Å².